The molecular formula is C24H21N3O3. The van der Waals surface area contributed by atoms with E-state index in [-0.39, 0.29) is 5.91 Å². The van der Waals surface area contributed by atoms with E-state index < -0.39 is 0 Å². The summed E-state index contributed by atoms with van der Waals surface area (Å²) >= 11 is 0. The first-order chi connectivity index (χ1) is 14.6. The van der Waals surface area contributed by atoms with Gasteiger partial charge in [-0.05, 0) is 49.6 Å². The lowest BCUT2D eigenvalue weighted by molar-refractivity contribution is 0.102. The second-order valence-corrected chi connectivity index (χ2v) is 7.58. The Kier molecular flexibility index (Phi) is 4.47. The van der Waals surface area contributed by atoms with Crippen LogP contribution in [0.25, 0.3) is 22.4 Å². The number of hydrogen-bond donors (Lipinski definition) is 1. The van der Waals surface area contributed by atoms with Crippen LogP contribution in [0.1, 0.15) is 40.4 Å². The van der Waals surface area contributed by atoms with Crippen molar-refractivity contribution in [3.05, 3.63) is 71.4 Å². The number of pyridine rings is 1. The zero-order valence-electron chi connectivity index (χ0n) is 16.8. The van der Waals surface area contributed by atoms with Gasteiger partial charge in [-0.15, -0.1) is 0 Å². The van der Waals surface area contributed by atoms with Crippen molar-refractivity contribution in [3.63, 3.8) is 0 Å². The molecule has 2 aromatic heterocycles. The molecule has 0 unspecified atom stereocenters. The lowest BCUT2D eigenvalue weighted by atomic mass is 10.0. The average Bonchev–Trinajstić information content (AvgIpc) is 3.53. The Labute approximate surface area is 173 Å². The average molecular weight is 399 g/mol. The fourth-order valence-corrected chi connectivity index (χ4v) is 3.69. The summed E-state index contributed by atoms with van der Waals surface area (Å²) in [6.07, 6.45) is 2.16. The molecular weight excluding hydrogens is 378 g/mol. The van der Waals surface area contributed by atoms with E-state index >= 15 is 0 Å². The van der Waals surface area contributed by atoms with Gasteiger partial charge < -0.3 is 14.6 Å². The number of rotatable bonds is 5. The molecule has 1 aliphatic carbocycles. The molecule has 0 bridgehead atoms. The highest BCUT2D eigenvalue weighted by molar-refractivity contribution is 6.14. The largest absolute Gasteiger partial charge is 0.496 e. The molecule has 6 heteroatoms. The fraction of sp³-hybridized carbons (Fsp3) is 0.208. The Morgan fingerprint density at radius 3 is 2.63 bits per heavy atom. The summed E-state index contributed by atoms with van der Waals surface area (Å²) in [4.78, 5) is 18.0. The van der Waals surface area contributed by atoms with Crippen molar-refractivity contribution in [2.45, 2.75) is 25.7 Å². The zero-order valence-corrected chi connectivity index (χ0v) is 16.8. The smallest absolute Gasteiger partial charge is 0.259 e. The molecule has 1 saturated carbocycles. The van der Waals surface area contributed by atoms with Gasteiger partial charge in [-0.2, -0.15) is 0 Å². The van der Waals surface area contributed by atoms with Gasteiger partial charge in [0.2, 0.25) is 0 Å². The van der Waals surface area contributed by atoms with E-state index in [0.29, 0.717) is 34.0 Å². The number of methoxy groups -OCH3 is 1. The standard InChI is InChI=1S/C24H21N3O3/c1-14-12-17(10-11-20(14)29-2)25-23(28)18-13-19(15-8-9-15)26-24-21(18)22(27-30-24)16-6-4-3-5-7-16/h3-7,10-13,15H,8-9H2,1-2H3,(H,25,28). The molecule has 30 heavy (non-hydrogen) atoms. The normalized spacial score (nSPS) is 13.4. The minimum Gasteiger partial charge on any atom is -0.496 e. The van der Waals surface area contributed by atoms with Crippen molar-refractivity contribution in [2.24, 2.45) is 0 Å². The Morgan fingerprint density at radius 2 is 1.93 bits per heavy atom. The molecule has 6 nitrogen and oxygen atoms in total. The van der Waals surface area contributed by atoms with Gasteiger partial charge in [-0.25, -0.2) is 4.98 Å². The number of ether oxygens (including phenoxy) is 1. The topological polar surface area (TPSA) is 77.2 Å². The number of fused-ring (bicyclic) bond motifs is 1. The first-order valence-electron chi connectivity index (χ1n) is 9.96. The minimum absolute atomic E-state index is 0.214. The van der Waals surface area contributed by atoms with Gasteiger partial charge in [-0.1, -0.05) is 35.5 Å². The number of carbonyl (C=O) groups is 1. The van der Waals surface area contributed by atoms with Crippen LogP contribution in [-0.4, -0.2) is 23.2 Å². The van der Waals surface area contributed by atoms with Crippen molar-refractivity contribution in [3.8, 4) is 17.0 Å². The Bertz CT molecular complexity index is 1240. The highest BCUT2D eigenvalue weighted by Gasteiger charge is 2.29. The van der Waals surface area contributed by atoms with E-state index in [4.69, 9.17) is 9.26 Å². The van der Waals surface area contributed by atoms with Crippen LogP contribution >= 0.6 is 0 Å². The Morgan fingerprint density at radius 1 is 1.13 bits per heavy atom. The molecule has 0 saturated heterocycles. The monoisotopic (exact) mass is 399 g/mol. The number of nitrogens with zero attached hydrogens (tertiary/aromatic N) is 2. The predicted molar refractivity (Wildman–Crippen MR) is 115 cm³/mol. The lowest BCUT2D eigenvalue weighted by Gasteiger charge is -2.11. The quantitative estimate of drug-likeness (QED) is 0.490. The molecule has 1 amide bonds. The van der Waals surface area contributed by atoms with Crippen LogP contribution in [0.3, 0.4) is 0 Å². The number of aromatic nitrogens is 2. The molecule has 5 rings (SSSR count). The molecule has 2 aromatic carbocycles. The number of anilines is 1. The van der Waals surface area contributed by atoms with Crippen LogP contribution in [0.2, 0.25) is 0 Å². The van der Waals surface area contributed by atoms with Crippen LogP contribution in [-0.2, 0) is 0 Å². The molecule has 0 aliphatic heterocycles. The zero-order chi connectivity index (χ0) is 20.7. The number of benzene rings is 2. The van der Waals surface area contributed by atoms with Gasteiger partial charge in [0.1, 0.15) is 11.4 Å². The van der Waals surface area contributed by atoms with Crippen LogP contribution in [0.5, 0.6) is 5.75 Å². The molecule has 2 heterocycles. The number of hydrogen-bond acceptors (Lipinski definition) is 5. The number of carbonyl (C=O) groups excluding carboxylic acids is 1. The van der Waals surface area contributed by atoms with E-state index in [2.05, 4.69) is 15.5 Å². The predicted octanol–water partition coefficient (Wildman–Crippen LogP) is 5.34. The van der Waals surface area contributed by atoms with Crippen molar-refractivity contribution in [2.75, 3.05) is 12.4 Å². The van der Waals surface area contributed by atoms with E-state index in [1.54, 1.807) is 7.11 Å². The van der Waals surface area contributed by atoms with Gasteiger partial charge in [0, 0.05) is 22.9 Å². The van der Waals surface area contributed by atoms with Crippen LogP contribution in [0.4, 0.5) is 5.69 Å². The third-order valence-electron chi connectivity index (χ3n) is 5.41. The first kappa shape index (κ1) is 18.4. The highest BCUT2D eigenvalue weighted by Crippen LogP contribution is 2.41. The fourth-order valence-electron chi connectivity index (χ4n) is 3.69. The first-order valence-corrected chi connectivity index (χ1v) is 9.96. The van der Waals surface area contributed by atoms with Gasteiger partial charge in [-0.3, -0.25) is 4.79 Å². The SMILES string of the molecule is COc1ccc(NC(=O)c2cc(C3CC3)nc3onc(-c4ccccc4)c23)cc1C. The molecule has 0 spiro atoms. The maximum Gasteiger partial charge on any atom is 0.259 e. The molecule has 0 atom stereocenters. The summed E-state index contributed by atoms with van der Waals surface area (Å²) in [7, 11) is 1.63. The van der Waals surface area contributed by atoms with Gasteiger partial charge in [0.15, 0.2) is 0 Å². The third kappa shape index (κ3) is 3.30. The molecule has 1 N–H and O–H groups in total. The maximum atomic E-state index is 13.3. The van der Waals surface area contributed by atoms with Crippen LogP contribution < -0.4 is 10.1 Å². The second kappa shape index (κ2) is 7.30. The lowest BCUT2D eigenvalue weighted by Crippen LogP contribution is -2.13. The molecule has 150 valence electrons. The van der Waals surface area contributed by atoms with E-state index in [1.165, 1.54) is 0 Å². The summed E-state index contributed by atoms with van der Waals surface area (Å²) in [6, 6.07) is 17.1. The van der Waals surface area contributed by atoms with E-state index in [9.17, 15) is 4.79 Å². The maximum absolute atomic E-state index is 13.3. The van der Waals surface area contributed by atoms with Crippen molar-refractivity contribution in [1.82, 2.24) is 10.1 Å². The Hall–Kier alpha value is -3.67. The number of aryl methyl sites for hydroxylation is 1. The number of nitrogens with one attached hydrogen (secondary N) is 1. The van der Waals surface area contributed by atoms with E-state index in [0.717, 1.165) is 35.4 Å². The second-order valence-electron chi connectivity index (χ2n) is 7.58. The summed E-state index contributed by atoms with van der Waals surface area (Å²) in [5, 5.41) is 7.88. The summed E-state index contributed by atoms with van der Waals surface area (Å²) in [5.74, 6) is 0.949. The molecule has 1 fully saturated rings. The summed E-state index contributed by atoms with van der Waals surface area (Å²) in [5.41, 5.74) is 4.96. The van der Waals surface area contributed by atoms with Crippen molar-refractivity contribution in [1.29, 1.82) is 0 Å². The molecule has 1 aliphatic rings. The molecule has 4 aromatic rings. The highest BCUT2D eigenvalue weighted by atomic mass is 16.5. The Balaban J connectivity index is 1.60. The van der Waals surface area contributed by atoms with Crippen molar-refractivity contribution < 1.29 is 14.1 Å². The minimum atomic E-state index is -0.214. The summed E-state index contributed by atoms with van der Waals surface area (Å²) in [6.45, 7) is 1.94. The number of amides is 1. The van der Waals surface area contributed by atoms with Gasteiger partial charge in [0.25, 0.3) is 11.6 Å². The van der Waals surface area contributed by atoms with Gasteiger partial charge in [0.05, 0.1) is 18.1 Å². The van der Waals surface area contributed by atoms with Crippen LogP contribution in [0.15, 0.2) is 59.1 Å². The third-order valence-corrected chi connectivity index (χ3v) is 5.41. The van der Waals surface area contributed by atoms with Crippen LogP contribution in [0, 0.1) is 6.92 Å². The van der Waals surface area contributed by atoms with Crippen molar-refractivity contribution >= 4 is 22.7 Å². The molecule has 0 radical (unpaired) electrons. The van der Waals surface area contributed by atoms with E-state index in [1.807, 2.05) is 61.5 Å². The van der Waals surface area contributed by atoms with Gasteiger partial charge >= 0.3 is 0 Å². The summed E-state index contributed by atoms with van der Waals surface area (Å²) < 4.78 is 10.9.